The standard InChI is InChI=1S/C23H27N5O2/c1-2-8-18(9-3-1)28-22-19(16-24-28)21(25-20(26-22)17-6-4-5-7-17)27-12-10-23(11-13-27)29-14-15-30-23/h1-3,8-9,16-17H,4-7,10-15H2. The van der Waals surface area contributed by atoms with Crippen LogP contribution in [0.15, 0.2) is 36.5 Å². The van der Waals surface area contributed by atoms with Crippen LogP contribution in [0.5, 0.6) is 0 Å². The summed E-state index contributed by atoms with van der Waals surface area (Å²) in [6.07, 6.45) is 8.53. The molecule has 0 atom stereocenters. The van der Waals surface area contributed by atoms with E-state index in [0.717, 1.165) is 54.3 Å². The molecule has 0 unspecified atom stereocenters. The summed E-state index contributed by atoms with van der Waals surface area (Å²) in [5.74, 6) is 2.05. The minimum absolute atomic E-state index is 0.384. The van der Waals surface area contributed by atoms with Crippen LogP contribution in [0.2, 0.25) is 0 Å². The lowest BCUT2D eigenvalue weighted by Gasteiger charge is -2.38. The Morgan fingerprint density at radius 2 is 1.67 bits per heavy atom. The topological polar surface area (TPSA) is 65.3 Å². The van der Waals surface area contributed by atoms with Gasteiger partial charge in [0, 0.05) is 31.8 Å². The van der Waals surface area contributed by atoms with Crippen molar-refractivity contribution in [2.45, 2.75) is 50.2 Å². The zero-order chi connectivity index (χ0) is 20.0. The van der Waals surface area contributed by atoms with Gasteiger partial charge in [0.2, 0.25) is 0 Å². The molecule has 1 aromatic carbocycles. The zero-order valence-electron chi connectivity index (χ0n) is 17.2. The summed E-state index contributed by atoms with van der Waals surface area (Å²) in [7, 11) is 0. The molecular formula is C23H27N5O2. The van der Waals surface area contributed by atoms with E-state index in [4.69, 9.17) is 24.5 Å². The molecule has 0 amide bonds. The predicted octanol–water partition coefficient (Wildman–Crippen LogP) is 3.82. The van der Waals surface area contributed by atoms with Gasteiger partial charge in [-0.3, -0.25) is 0 Å². The first-order valence-corrected chi connectivity index (χ1v) is 11.2. The number of para-hydroxylation sites is 1. The van der Waals surface area contributed by atoms with Crippen molar-refractivity contribution in [2.24, 2.45) is 0 Å². The van der Waals surface area contributed by atoms with Gasteiger partial charge < -0.3 is 14.4 Å². The van der Waals surface area contributed by atoms with E-state index in [1.807, 2.05) is 29.1 Å². The first kappa shape index (κ1) is 18.3. The number of hydrogen-bond acceptors (Lipinski definition) is 6. The minimum Gasteiger partial charge on any atom is -0.355 e. The smallest absolute Gasteiger partial charge is 0.171 e. The maximum Gasteiger partial charge on any atom is 0.171 e. The van der Waals surface area contributed by atoms with Gasteiger partial charge in [0.05, 0.1) is 30.5 Å². The zero-order valence-corrected chi connectivity index (χ0v) is 17.2. The number of anilines is 1. The number of aromatic nitrogens is 4. The highest BCUT2D eigenvalue weighted by molar-refractivity contribution is 5.88. The lowest BCUT2D eigenvalue weighted by molar-refractivity contribution is -0.169. The van der Waals surface area contributed by atoms with Crippen molar-refractivity contribution in [1.29, 1.82) is 0 Å². The molecule has 2 aromatic heterocycles. The van der Waals surface area contributed by atoms with E-state index in [1.165, 1.54) is 25.7 Å². The van der Waals surface area contributed by atoms with Gasteiger partial charge >= 0.3 is 0 Å². The van der Waals surface area contributed by atoms with Crippen molar-refractivity contribution >= 4 is 16.9 Å². The molecule has 156 valence electrons. The maximum absolute atomic E-state index is 5.92. The van der Waals surface area contributed by atoms with Crippen LogP contribution in [0.1, 0.15) is 50.3 Å². The third-order valence-corrected chi connectivity index (χ3v) is 6.79. The average Bonchev–Trinajstić information content (AvgIpc) is 3.56. The molecular weight excluding hydrogens is 378 g/mol. The summed E-state index contributed by atoms with van der Waals surface area (Å²) in [6, 6.07) is 10.2. The van der Waals surface area contributed by atoms with Crippen LogP contribution in [0.3, 0.4) is 0 Å². The molecule has 0 radical (unpaired) electrons. The summed E-state index contributed by atoms with van der Waals surface area (Å²) in [6.45, 7) is 3.14. The molecule has 4 heterocycles. The van der Waals surface area contributed by atoms with E-state index >= 15 is 0 Å². The molecule has 2 aliphatic heterocycles. The summed E-state index contributed by atoms with van der Waals surface area (Å²) in [5.41, 5.74) is 1.93. The van der Waals surface area contributed by atoms with Crippen LogP contribution in [0.4, 0.5) is 5.82 Å². The number of piperidine rings is 1. The molecule has 1 saturated carbocycles. The van der Waals surface area contributed by atoms with Gasteiger partial charge in [-0.25, -0.2) is 14.6 Å². The van der Waals surface area contributed by atoms with Gasteiger partial charge in [-0.05, 0) is 25.0 Å². The molecule has 0 bridgehead atoms. The number of rotatable bonds is 3. The normalized spacial score (nSPS) is 21.8. The molecule has 2 saturated heterocycles. The van der Waals surface area contributed by atoms with E-state index in [1.54, 1.807) is 0 Å². The summed E-state index contributed by atoms with van der Waals surface area (Å²) >= 11 is 0. The molecule has 7 nitrogen and oxygen atoms in total. The lowest BCUT2D eigenvalue weighted by Crippen LogP contribution is -2.45. The SMILES string of the molecule is c1ccc(-n2ncc3c(N4CCC5(CC4)OCCO5)nc(C4CCCC4)nc32)cc1. The third kappa shape index (κ3) is 3.08. The number of nitrogens with zero attached hydrogens (tertiary/aromatic N) is 5. The van der Waals surface area contributed by atoms with E-state index in [2.05, 4.69) is 17.0 Å². The van der Waals surface area contributed by atoms with Gasteiger partial charge in [0.15, 0.2) is 11.4 Å². The van der Waals surface area contributed by atoms with Crippen molar-refractivity contribution < 1.29 is 9.47 Å². The second-order valence-corrected chi connectivity index (χ2v) is 8.61. The van der Waals surface area contributed by atoms with Crippen molar-refractivity contribution in [1.82, 2.24) is 19.7 Å². The molecule has 3 aliphatic rings. The Balaban J connectivity index is 1.42. The fourth-order valence-electron chi connectivity index (χ4n) is 5.12. The van der Waals surface area contributed by atoms with Crippen LogP contribution in [0, 0.1) is 0 Å². The molecule has 0 N–H and O–H groups in total. The van der Waals surface area contributed by atoms with E-state index in [0.29, 0.717) is 19.1 Å². The van der Waals surface area contributed by atoms with Crippen LogP contribution in [0.25, 0.3) is 16.7 Å². The Labute approximate surface area is 176 Å². The first-order chi connectivity index (χ1) is 14.8. The molecule has 3 fully saturated rings. The average molecular weight is 406 g/mol. The van der Waals surface area contributed by atoms with Crippen molar-refractivity contribution in [3.63, 3.8) is 0 Å². The number of hydrogen-bond donors (Lipinski definition) is 0. The molecule has 3 aromatic rings. The highest BCUT2D eigenvalue weighted by Gasteiger charge is 2.40. The molecule has 1 spiro atoms. The van der Waals surface area contributed by atoms with Crippen LogP contribution in [-0.2, 0) is 9.47 Å². The fourth-order valence-corrected chi connectivity index (χ4v) is 5.12. The Kier molecular flexibility index (Phi) is 4.46. The highest BCUT2D eigenvalue weighted by atomic mass is 16.7. The van der Waals surface area contributed by atoms with E-state index < -0.39 is 0 Å². The first-order valence-electron chi connectivity index (χ1n) is 11.2. The molecule has 1 aliphatic carbocycles. The minimum atomic E-state index is -0.384. The fraction of sp³-hybridized carbons (Fsp3) is 0.522. The largest absolute Gasteiger partial charge is 0.355 e. The highest BCUT2D eigenvalue weighted by Crippen LogP contribution is 2.38. The van der Waals surface area contributed by atoms with Crippen LogP contribution in [-0.4, -0.2) is 51.8 Å². The number of benzene rings is 1. The van der Waals surface area contributed by atoms with Gasteiger partial charge in [-0.2, -0.15) is 5.10 Å². The van der Waals surface area contributed by atoms with E-state index in [-0.39, 0.29) is 5.79 Å². The maximum atomic E-state index is 5.92. The van der Waals surface area contributed by atoms with Crippen LogP contribution < -0.4 is 4.90 Å². The summed E-state index contributed by atoms with van der Waals surface area (Å²) in [4.78, 5) is 12.5. The van der Waals surface area contributed by atoms with Gasteiger partial charge in [-0.1, -0.05) is 31.0 Å². The predicted molar refractivity (Wildman–Crippen MR) is 114 cm³/mol. The molecule has 6 rings (SSSR count). The Morgan fingerprint density at radius 3 is 2.40 bits per heavy atom. The second kappa shape index (κ2) is 7.32. The number of fused-ring (bicyclic) bond motifs is 1. The molecule has 7 heteroatoms. The Bertz CT molecular complexity index is 1030. The van der Waals surface area contributed by atoms with Gasteiger partial charge in [0.1, 0.15) is 11.6 Å². The number of ether oxygens (including phenoxy) is 2. The van der Waals surface area contributed by atoms with E-state index in [9.17, 15) is 0 Å². The van der Waals surface area contributed by atoms with Gasteiger partial charge in [-0.15, -0.1) is 0 Å². The quantitative estimate of drug-likeness (QED) is 0.660. The Morgan fingerprint density at radius 1 is 0.933 bits per heavy atom. The monoisotopic (exact) mass is 405 g/mol. The Hall–Kier alpha value is -2.51. The summed E-state index contributed by atoms with van der Waals surface area (Å²) in [5, 5.41) is 5.72. The third-order valence-electron chi connectivity index (χ3n) is 6.79. The van der Waals surface area contributed by atoms with Crippen LogP contribution >= 0.6 is 0 Å². The van der Waals surface area contributed by atoms with Crippen molar-refractivity contribution in [3.05, 3.63) is 42.4 Å². The van der Waals surface area contributed by atoms with Crippen molar-refractivity contribution in [2.75, 3.05) is 31.2 Å². The van der Waals surface area contributed by atoms with Gasteiger partial charge in [0.25, 0.3) is 0 Å². The second-order valence-electron chi connectivity index (χ2n) is 8.61. The lowest BCUT2D eigenvalue weighted by atomic mass is 10.0. The molecule has 30 heavy (non-hydrogen) atoms. The van der Waals surface area contributed by atoms with Crippen molar-refractivity contribution in [3.8, 4) is 5.69 Å². The summed E-state index contributed by atoms with van der Waals surface area (Å²) < 4.78 is 13.8.